The van der Waals surface area contributed by atoms with Gasteiger partial charge in [0.05, 0.1) is 7.11 Å². The zero-order valence-corrected chi connectivity index (χ0v) is 15.7. The summed E-state index contributed by atoms with van der Waals surface area (Å²) in [5.41, 5.74) is 4.31. The van der Waals surface area contributed by atoms with Crippen molar-refractivity contribution in [3.05, 3.63) is 88.3 Å². The lowest BCUT2D eigenvalue weighted by Gasteiger charge is -2.12. The molecule has 0 spiro atoms. The molecule has 0 aliphatic rings. The molecule has 1 amide bonds. The van der Waals surface area contributed by atoms with E-state index in [1.807, 2.05) is 48.5 Å². The zero-order chi connectivity index (χ0) is 19.1. The summed E-state index contributed by atoms with van der Waals surface area (Å²) in [5, 5.41) is 0.650. The van der Waals surface area contributed by atoms with E-state index in [4.69, 9.17) is 20.8 Å². The molecule has 1 aromatic heterocycles. The minimum atomic E-state index is -0.418. The Bertz CT molecular complexity index is 892. The second kappa shape index (κ2) is 9.26. The molecule has 0 saturated carbocycles. The Labute approximate surface area is 162 Å². The van der Waals surface area contributed by atoms with Crippen LogP contribution in [0.15, 0.2) is 65.1 Å². The third kappa shape index (κ3) is 5.36. The van der Waals surface area contributed by atoms with Crippen LogP contribution < -0.4 is 10.2 Å². The maximum absolute atomic E-state index is 11.7. The molecule has 3 rings (SSSR count). The Kier molecular flexibility index (Phi) is 6.52. The van der Waals surface area contributed by atoms with E-state index in [1.54, 1.807) is 12.1 Å². The normalized spacial score (nSPS) is 10.6. The van der Waals surface area contributed by atoms with Crippen LogP contribution in [0, 0.1) is 0 Å². The minimum Gasteiger partial charge on any atom is -0.489 e. The number of amides is 1. The molecule has 27 heavy (non-hydrogen) atoms. The number of aryl methyl sites for hydroxylation is 2. The summed E-state index contributed by atoms with van der Waals surface area (Å²) in [6.07, 6.45) is 1.28. The van der Waals surface area contributed by atoms with Crippen LogP contribution >= 0.6 is 11.6 Å². The fourth-order valence-electron chi connectivity index (χ4n) is 2.65. The van der Waals surface area contributed by atoms with E-state index >= 15 is 0 Å². The van der Waals surface area contributed by atoms with Crippen LogP contribution in [0.4, 0.5) is 0 Å². The largest absolute Gasteiger partial charge is 0.489 e. The molecule has 0 bridgehead atoms. The number of carbonyl (C=O) groups is 1. The van der Waals surface area contributed by atoms with Crippen molar-refractivity contribution in [2.75, 3.05) is 7.11 Å². The van der Waals surface area contributed by atoms with Crippen LogP contribution in [-0.4, -0.2) is 13.0 Å². The van der Waals surface area contributed by atoms with Crippen LogP contribution in [0.25, 0.3) is 0 Å². The van der Waals surface area contributed by atoms with Gasteiger partial charge in [-0.05, 0) is 47.9 Å². The number of ether oxygens (including phenoxy) is 1. The smallest absolute Gasteiger partial charge is 0.310 e. The van der Waals surface area contributed by atoms with Crippen molar-refractivity contribution in [2.24, 2.45) is 0 Å². The molecule has 6 heteroatoms. The molecule has 3 aromatic rings. The predicted octanol–water partition coefficient (Wildman–Crippen LogP) is 4.59. The third-order valence-electron chi connectivity index (χ3n) is 3.98. The van der Waals surface area contributed by atoms with E-state index < -0.39 is 5.91 Å². The monoisotopic (exact) mass is 385 g/mol. The van der Waals surface area contributed by atoms with Gasteiger partial charge in [0, 0.05) is 11.4 Å². The number of halogens is 1. The molecule has 0 saturated heterocycles. The van der Waals surface area contributed by atoms with E-state index in [-0.39, 0.29) is 5.76 Å². The molecule has 0 aliphatic heterocycles. The molecule has 5 nitrogen and oxygen atoms in total. The zero-order valence-electron chi connectivity index (χ0n) is 14.9. The first kappa shape index (κ1) is 19.0. The van der Waals surface area contributed by atoms with Crippen molar-refractivity contribution in [3.8, 4) is 5.75 Å². The van der Waals surface area contributed by atoms with Gasteiger partial charge in [0.1, 0.15) is 18.1 Å². The van der Waals surface area contributed by atoms with Gasteiger partial charge >= 0.3 is 5.91 Å². The first-order valence-corrected chi connectivity index (χ1v) is 8.90. The molecule has 1 N–H and O–H groups in total. The van der Waals surface area contributed by atoms with Gasteiger partial charge in [-0.3, -0.25) is 9.63 Å². The van der Waals surface area contributed by atoms with Crippen molar-refractivity contribution < 1.29 is 18.8 Å². The predicted molar refractivity (Wildman–Crippen MR) is 103 cm³/mol. The number of nitrogens with one attached hydrogen (secondary N) is 1. The van der Waals surface area contributed by atoms with Crippen LogP contribution in [0.3, 0.4) is 0 Å². The van der Waals surface area contributed by atoms with Gasteiger partial charge in [-0.1, -0.05) is 41.9 Å². The Balaban J connectivity index is 1.65. The number of benzene rings is 2. The van der Waals surface area contributed by atoms with E-state index in [0.29, 0.717) is 30.2 Å². The number of furan rings is 1. The molecule has 0 fully saturated rings. The SMILES string of the molecule is CONC(=O)c1ccc(CCc2cc(Cl)ccc2OCc2ccccc2)o1. The highest BCUT2D eigenvalue weighted by molar-refractivity contribution is 6.30. The number of hydrogen-bond acceptors (Lipinski definition) is 4. The molecule has 0 aliphatic carbocycles. The van der Waals surface area contributed by atoms with Crippen molar-refractivity contribution in [1.29, 1.82) is 0 Å². The Hall–Kier alpha value is -2.76. The molecular formula is C21H20ClNO4. The highest BCUT2D eigenvalue weighted by Crippen LogP contribution is 2.25. The lowest BCUT2D eigenvalue weighted by atomic mass is 10.1. The Morgan fingerprint density at radius 2 is 1.89 bits per heavy atom. The second-order valence-corrected chi connectivity index (χ2v) is 6.36. The Morgan fingerprint density at radius 3 is 2.67 bits per heavy atom. The van der Waals surface area contributed by atoms with E-state index in [9.17, 15) is 4.79 Å². The summed E-state index contributed by atoms with van der Waals surface area (Å²) in [6, 6.07) is 19.0. The van der Waals surface area contributed by atoms with Crippen molar-refractivity contribution in [3.63, 3.8) is 0 Å². The summed E-state index contributed by atoms with van der Waals surface area (Å²) < 4.78 is 11.5. The average molecular weight is 386 g/mol. The number of carbonyl (C=O) groups excluding carboxylic acids is 1. The second-order valence-electron chi connectivity index (χ2n) is 5.93. The van der Waals surface area contributed by atoms with Crippen LogP contribution in [0.2, 0.25) is 5.02 Å². The molecule has 2 aromatic carbocycles. The van der Waals surface area contributed by atoms with E-state index in [1.165, 1.54) is 7.11 Å². The fraction of sp³-hybridized carbons (Fsp3) is 0.190. The number of rotatable bonds is 8. The van der Waals surface area contributed by atoms with Crippen LogP contribution in [0.1, 0.15) is 27.4 Å². The summed E-state index contributed by atoms with van der Waals surface area (Å²) in [4.78, 5) is 16.3. The van der Waals surface area contributed by atoms with Crippen LogP contribution in [-0.2, 0) is 24.3 Å². The van der Waals surface area contributed by atoms with Gasteiger partial charge < -0.3 is 9.15 Å². The first-order valence-electron chi connectivity index (χ1n) is 8.53. The molecule has 140 valence electrons. The van der Waals surface area contributed by atoms with Crippen molar-refractivity contribution in [2.45, 2.75) is 19.4 Å². The van der Waals surface area contributed by atoms with Gasteiger partial charge in [0.2, 0.25) is 0 Å². The lowest BCUT2D eigenvalue weighted by Crippen LogP contribution is -2.21. The topological polar surface area (TPSA) is 60.7 Å². The van der Waals surface area contributed by atoms with Crippen LogP contribution in [0.5, 0.6) is 5.75 Å². The van der Waals surface area contributed by atoms with Gasteiger partial charge in [0.15, 0.2) is 5.76 Å². The first-order chi connectivity index (χ1) is 13.2. The number of hydroxylamine groups is 1. The lowest BCUT2D eigenvalue weighted by molar-refractivity contribution is 0.0508. The van der Waals surface area contributed by atoms with Gasteiger partial charge in [-0.25, -0.2) is 5.48 Å². The molecule has 0 radical (unpaired) electrons. The van der Waals surface area contributed by atoms with Gasteiger partial charge in [-0.15, -0.1) is 0 Å². The quantitative estimate of drug-likeness (QED) is 0.576. The summed E-state index contributed by atoms with van der Waals surface area (Å²) >= 11 is 6.15. The maximum atomic E-state index is 11.7. The molecule has 0 unspecified atom stereocenters. The maximum Gasteiger partial charge on any atom is 0.310 e. The Morgan fingerprint density at radius 1 is 1.07 bits per heavy atom. The standard InChI is InChI=1S/C21H20ClNO4/c1-25-23-21(24)20-12-10-18(27-20)9-7-16-13-17(22)8-11-19(16)26-14-15-5-3-2-4-6-15/h2-6,8,10-13H,7,9,14H2,1H3,(H,23,24). The fourth-order valence-corrected chi connectivity index (χ4v) is 2.85. The summed E-state index contributed by atoms with van der Waals surface area (Å²) in [6.45, 7) is 0.484. The highest BCUT2D eigenvalue weighted by atomic mass is 35.5. The van der Waals surface area contributed by atoms with Gasteiger partial charge in [-0.2, -0.15) is 0 Å². The van der Waals surface area contributed by atoms with Gasteiger partial charge in [0.25, 0.3) is 0 Å². The average Bonchev–Trinajstić information content (AvgIpc) is 3.16. The molecule has 0 atom stereocenters. The van der Waals surface area contributed by atoms with Crippen molar-refractivity contribution in [1.82, 2.24) is 5.48 Å². The molecular weight excluding hydrogens is 366 g/mol. The van der Waals surface area contributed by atoms with Crippen molar-refractivity contribution >= 4 is 17.5 Å². The van der Waals surface area contributed by atoms with E-state index in [2.05, 4.69) is 10.3 Å². The number of hydrogen-bond donors (Lipinski definition) is 1. The minimum absolute atomic E-state index is 0.207. The summed E-state index contributed by atoms with van der Waals surface area (Å²) in [7, 11) is 1.37. The molecule has 1 heterocycles. The van der Waals surface area contributed by atoms with E-state index in [0.717, 1.165) is 16.9 Å². The summed E-state index contributed by atoms with van der Waals surface area (Å²) in [5.74, 6) is 1.27. The third-order valence-corrected chi connectivity index (χ3v) is 4.22. The highest BCUT2D eigenvalue weighted by Gasteiger charge is 2.12.